The molecule has 0 amide bonds. The molecule has 1 aromatic heterocycles. The van der Waals surface area contributed by atoms with Crippen LogP contribution in [-0.4, -0.2) is 24.0 Å². The molecule has 3 aromatic rings. The van der Waals surface area contributed by atoms with Gasteiger partial charge in [-0.15, -0.1) is 0 Å². The highest BCUT2D eigenvalue weighted by molar-refractivity contribution is 5.92. The van der Waals surface area contributed by atoms with Gasteiger partial charge in [-0.05, 0) is 36.3 Å². The number of esters is 1. The van der Waals surface area contributed by atoms with Gasteiger partial charge >= 0.3 is 11.6 Å². The van der Waals surface area contributed by atoms with E-state index in [0.29, 0.717) is 11.0 Å². The summed E-state index contributed by atoms with van der Waals surface area (Å²) in [6.07, 6.45) is 0. The molecule has 0 saturated heterocycles. The summed E-state index contributed by atoms with van der Waals surface area (Å²) in [5.41, 5.74) is 1.75. The molecule has 0 fully saturated rings. The third kappa shape index (κ3) is 4.63. The summed E-state index contributed by atoms with van der Waals surface area (Å²) in [5, 5.41) is 0.685. The summed E-state index contributed by atoms with van der Waals surface area (Å²) in [5.74, 6) is -0.679. The fourth-order valence-electron chi connectivity index (χ4n) is 2.88. The third-order valence-electron chi connectivity index (χ3n) is 4.55. The second-order valence-electron chi connectivity index (χ2n) is 6.34. The Morgan fingerprint density at radius 3 is 2.37 bits per heavy atom. The first-order valence-corrected chi connectivity index (χ1v) is 9.11. The zero-order chi connectivity index (χ0) is 19.2. The summed E-state index contributed by atoms with van der Waals surface area (Å²) in [6.45, 7) is 7.29. The van der Waals surface area contributed by atoms with Crippen molar-refractivity contribution in [3.05, 3.63) is 81.7 Å². The number of rotatable bonds is 7. The summed E-state index contributed by atoms with van der Waals surface area (Å²) >= 11 is 0. The minimum absolute atomic E-state index is 0.0909. The minimum atomic E-state index is -0.687. The van der Waals surface area contributed by atoms with E-state index in [2.05, 4.69) is 18.7 Å². The first kappa shape index (κ1) is 18.9. The molecule has 0 saturated carbocycles. The number of fused-ring (bicyclic) bond motifs is 1. The predicted octanol–water partition coefficient (Wildman–Crippen LogP) is 3.99. The van der Waals surface area contributed by atoms with E-state index in [1.54, 1.807) is 18.2 Å². The van der Waals surface area contributed by atoms with Crippen LogP contribution >= 0.6 is 0 Å². The van der Waals surface area contributed by atoms with Crippen LogP contribution in [0.3, 0.4) is 0 Å². The van der Waals surface area contributed by atoms with Gasteiger partial charge in [-0.1, -0.05) is 56.3 Å². The Morgan fingerprint density at radius 2 is 1.67 bits per heavy atom. The van der Waals surface area contributed by atoms with E-state index in [9.17, 15) is 9.59 Å². The van der Waals surface area contributed by atoms with Gasteiger partial charge in [0.1, 0.15) is 17.8 Å². The van der Waals surface area contributed by atoms with Crippen molar-refractivity contribution in [2.45, 2.75) is 27.0 Å². The van der Waals surface area contributed by atoms with Crippen LogP contribution in [0.2, 0.25) is 0 Å². The maximum Gasteiger partial charge on any atom is 0.351 e. The van der Waals surface area contributed by atoms with Crippen LogP contribution in [0.15, 0.2) is 63.8 Å². The monoisotopic (exact) mass is 365 g/mol. The van der Waals surface area contributed by atoms with Crippen LogP contribution in [-0.2, 0) is 17.9 Å². The van der Waals surface area contributed by atoms with Crippen molar-refractivity contribution in [2.24, 2.45) is 0 Å². The lowest BCUT2D eigenvalue weighted by Crippen LogP contribution is -2.22. The summed E-state index contributed by atoms with van der Waals surface area (Å²) in [7, 11) is 0. The van der Waals surface area contributed by atoms with Gasteiger partial charge in [0.15, 0.2) is 0 Å². The predicted molar refractivity (Wildman–Crippen MR) is 105 cm³/mol. The highest BCUT2D eigenvalue weighted by Crippen LogP contribution is 2.14. The molecule has 140 valence electrons. The Bertz CT molecular complexity index is 972. The highest BCUT2D eigenvalue weighted by atomic mass is 16.5. The van der Waals surface area contributed by atoms with Crippen molar-refractivity contribution in [1.29, 1.82) is 0 Å². The van der Waals surface area contributed by atoms with Crippen LogP contribution in [0.5, 0.6) is 0 Å². The molecule has 0 radical (unpaired) electrons. The molecule has 0 N–H and O–H groups in total. The lowest BCUT2D eigenvalue weighted by molar-refractivity contribution is 0.0468. The third-order valence-corrected chi connectivity index (χ3v) is 4.55. The van der Waals surface area contributed by atoms with Gasteiger partial charge in [0.25, 0.3) is 0 Å². The van der Waals surface area contributed by atoms with Gasteiger partial charge in [-0.2, -0.15) is 0 Å². The minimum Gasteiger partial charge on any atom is -0.457 e. The van der Waals surface area contributed by atoms with Crippen LogP contribution in [0.1, 0.15) is 35.3 Å². The van der Waals surface area contributed by atoms with E-state index in [-0.39, 0.29) is 12.2 Å². The molecule has 0 aliphatic heterocycles. The molecule has 5 heteroatoms. The molecule has 27 heavy (non-hydrogen) atoms. The molecule has 0 atom stereocenters. The lowest BCUT2D eigenvalue weighted by Gasteiger charge is -2.18. The molecular weight excluding hydrogens is 342 g/mol. The second kappa shape index (κ2) is 8.64. The van der Waals surface area contributed by atoms with Crippen LogP contribution in [0.4, 0.5) is 0 Å². The van der Waals surface area contributed by atoms with Gasteiger partial charge in [0.05, 0.1) is 0 Å². The number of ether oxygens (including phenoxy) is 1. The summed E-state index contributed by atoms with van der Waals surface area (Å²) in [4.78, 5) is 26.6. The van der Waals surface area contributed by atoms with Crippen molar-refractivity contribution in [3.8, 4) is 0 Å². The standard InChI is InChI=1S/C22H23NO4/c1-3-23(4-2)14-16-9-11-17(12-10-16)15-26-21(24)19-13-18-7-5-6-8-20(18)27-22(19)25/h5-13H,3-4,14-15H2,1-2H3. The highest BCUT2D eigenvalue weighted by Gasteiger charge is 2.15. The quantitative estimate of drug-likeness (QED) is 0.468. The Hall–Kier alpha value is -2.92. The van der Waals surface area contributed by atoms with Crippen molar-refractivity contribution in [3.63, 3.8) is 0 Å². The molecule has 1 heterocycles. The number of hydrogen-bond acceptors (Lipinski definition) is 5. The number of carbonyl (C=O) groups is 1. The Labute approximate surface area is 158 Å². The number of carbonyl (C=O) groups excluding carboxylic acids is 1. The van der Waals surface area contributed by atoms with Crippen molar-refractivity contribution >= 4 is 16.9 Å². The molecule has 3 rings (SSSR count). The van der Waals surface area contributed by atoms with Gasteiger partial charge in [0, 0.05) is 11.9 Å². The Morgan fingerprint density at radius 1 is 1.00 bits per heavy atom. The van der Waals surface area contributed by atoms with Crippen molar-refractivity contribution < 1.29 is 13.9 Å². The molecule has 0 spiro atoms. The topological polar surface area (TPSA) is 59.8 Å². The number of nitrogens with zero attached hydrogens (tertiary/aromatic N) is 1. The molecule has 5 nitrogen and oxygen atoms in total. The van der Waals surface area contributed by atoms with Crippen molar-refractivity contribution in [1.82, 2.24) is 4.90 Å². The van der Waals surface area contributed by atoms with E-state index in [0.717, 1.165) is 25.2 Å². The summed E-state index contributed by atoms with van der Waals surface area (Å²) < 4.78 is 10.5. The number of benzene rings is 2. The van der Waals surface area contributed by atoms with E-state index in [1.165, 1.54) is 11.6 Å². The van der Waals surface area contributed by atoms with Gasteiger partial charge < -0.3 is 9.15 Å². The average Bonchev–Trinajstić information content (AvgIpc) is 2.70. The van der Waals surface area contributed by atoms with E-state index in [4.69, 9.17) is 9.15 Å². The molecule has 0 aliphatic carbocycles. The van der Waals surface area contributed by atoms with E-state index >= 15 is 0 Å². The van der Waals surface area contributed by atoms with Crippen LogP contribution in [0.25, 0.3) is 11.0 Å². The number of para-hydroxylation sites is 1. The van der Waals surface area contributed by atoms with E-state index < -0.39 is 11.6 Å². The Kier molecular flexibility index (Phi) is 6.04. The lowest BCUT2D eigenvalue weighted by atomic mass is 10.1. The molecule has 0 unspecified atom stereocenters. The SMILES string of the molecule is CCN(CC)Cc1ccc(COC(=O)c2cc3ccccc3oc2=O)cc1. The summed E-state index contributed by atoms with van der Waals surface area (Å²) in [6, 6.07) is 16.5. The van der Waals surface area contributed by atoms with Crippen LogP contribution < -0.4 is 5.63 Å². The Balaban J connectivity index is 1.65. The van der Waals surface area contributed by atoms with Crippen molar-refractivity contribution in [2.75, 3.05) is 13.1 Å². The second-order valence-corrected chi connectivity index (χ2v) is 6.34. The fourth-order valence-corrected chi connectivity index (χ4v) is 2.88. The zero-order valence-electron chi connectivity index (χ0n) is 15.6. The fraction of sp³-hybridized carbons (Fsp3) is 0.273. The molecule has 0 bridgehead atoms. The molecular formula is C22H23NO4. The van der Waals surface area contributed by atoms with Crippen LogP contribution in [0, 0.1) is 0 Å². The first-order chi connectivity index (χ1) is 13.1. The zero-order valence-corrected chi connectivity index (χ0v) is 15.6. The van der Waals surface area contributed by atoms with E-state index in [1.807, 2.05) is 30.3 Å². The molecule has 0 aliphatic rings. The normalized spacial score (nSPS) is 11.1. The van der Waals surface area contributed by atoms with Gasteiger partial charge in [0.2, 0.25) is 0 Å². The van der Waals surface area contributed by atoms with Gasteiger partial charge in [-0.3, -0.25) is 4.90 Å². The average molecular weight is 365 g/mol. The smallest absolute Gasteiger partial charge is 0.351 e. The van der Waals surface area contributed by atoms with Gasteiger partial charge in [-0.25, -0.2) is 9.59 Å². The maximum absolute atomic E-state index is 12.3. The largest absolute Gasteiger partial charge is 0.457 e. The maximum atomic E-state index is 12.3. The number of hydrogen-bond donors (Lipinski definition) is 0. The first-order valence-electron chi connectivity index (χ1n) is 9.11. The molecule has 2 aromatic carbocycles.